The van der Waals surface area contributed by atoms with E-state index >= 15 is 0 Å². The predicted octanol–water partition coefficient (Wildman–Crippen LogP) is 4.93. The standard InChI is InChI=1S/C12H15BrClF/c1-2-3-11(14)6-4-9-8-10(13)5-7-12(9)15/h5,7-8,11H,2-4,6H2,1H3. The van der Waals surface area contributed by atoms with Crippen molar-refractivity contribution in [1.82, 2.24) is 0 Å². The molecule has 1 rings (SSSR count). The van der Waals surface area contributed by atoms with E-state index in [2.05, 4.69) is 22.9 Å². The van der Waals surface area contributed by atoms with Crippen molar-refractivity contribution >= 4 is 27.5 Å². The van der Waals surface area contributed by atoms with Crippen molar-refractivity contribution in [2.24, 2.45) is 0 Å². The van der Waals surface area contributed by atoms with Gasteiger partial charge in [-0.3, -0.25) is 0 Å². The Labute approximate surface area is 104 Å². The zero-order valence-corrected chi connectivity index (χ0v) is 11.1. The predicted molar refractivity (Wildman–Crippen MR) is 67.0 cm³/mol. The SMILES string of the molecule is CCCC(Cl)CCc1cc(Br)ccc1F. The molecule has 0 heterocycles. The number of halogens is 3. The van der Waals surface area contributed by atoms with Crippen LogP contribution in [0.3, 0.4) is 0 Å². The van der Waals surface area contributed by atoms with E-state index in [1.165, 1.54) is 6.07 Å². The van der Waals surface area contributed by atoms with Gasteiger partial charge in [-0.05, 0) is 43.0 Å². The second-order valence-corrected chi connectivity index (χ2v) is 5.19. The van der Waals surface area contributed by atoms with Gasteiger partial charge in [0.1, 0.15) is 5.82 Å². The van der Waals surface area contributed by atoms with E-state index in [-0.39, 0.29) is 11.2 Å². The Morgan fingerprint density at radius 1 is 1.40 bits per heavy atom. The molecule has 0 spiro atoms. The molecule has 0 nitrogen and oxygen atoms in total. The van der Waals surface area contributed by atoms with E-state index in [4.69, 9.17) is 11.6 Å². The third-order valence-electron chi connectivity index (χ3n) is 2.34. The van der Waals surface area contributed by atoms with Gasteiger partial charge in [0.15, 0.2) is 0 Å². The third-order valence-corrected chi connectivity index (χ3v) is 3.27. The van der Waals surface area contributed by atoms with Crippen LogP contribution in [0.15, 0.2) is 22.7 Å². The molecule has 0 bridgehead atoms. The number of aryl methyl sites for hydroxylation is 1. The highest BCUT2D eigenvalue weighted by atomic mass is 79.9. The normalized spacial score (nSPS) is 12.8. The summed E-state index contributed by atoms with van der Waals surface area (Å²) in [6.45, 7) is 2.11. The first-order chi connectivity index (χ1) is 7.13. The highest BCUT2D eigenvalue weighted by Gasteiger charge is 2.07. The average Bonchev–Trinajstić information content (AvgIpc) is 2.20. The number of rotatable bonds is 5. The Balaban J connectivity index is 2.53. The molecule has 3 heteroatoms. The van der Waals surface area contributed by atoms with Crippen molar-refractivity contribution in [2.45, 2.75) is 38.0 Å². The minimum Gasteiger partial charge on any atom is -0.207 e. The van der Waals surface area contributed by atoms with E-state index in [1.807, 2.05) is 6.07 Å². The lowest BCUT2D eigenvalue weighted by Gasteiger charge is -2.08. The Morgan fingerprint density at radius 3 is 2.80 bits per heavy atom. The van der Waals surface area contributed by atoms with Crippen LogP contribution in [0, 0.1) is 5.82 Å². The molecule has 0 aliphatic carbocycles. The molecular weight excluding hydrogens is 278 g/mol. The van der Waals surface area contributed by atoms with Gasteiger partial charge in [-0.15, -0.1) is 11.6 Å². The molecule has 0 aliphatic rings. The van der Waals surface area contributed by atoms with Crippen LogP contribution in [-0.2, 0) is 6.42 Å². The number of hydrogen-bond acceptors (Lipinski definition) is 0. The van der Waals surface area contributed by atoms with E-state index in [1.54, 1.807) is 6.07 Å². The molecule has 84 valence electrons. The van der Waals surface area contributed by atoms with Gasteiger partial charge in [0.05, 0.1) is 0 Å². The number of benzene rings is 1. The summed E-state index contributed by atoms with van der Waals surface area (Å²) in [6.07, 6.45) is 3.62. The minimum absolute atomic E-state index is 0.140. The summed E-state index contributed by atoms with van der Waals surface area (Å²) in [5.41, 5.74) is 0.742. The lowest BCUT2D eigenvalue weighted by Crippen LogP contribution is -2.01. The Kier molecular flexibility index (Phi) is 5.62. The Bertz CT molecular complexity index is 314. The topological polar surface area (TPSA) is 0 Å². The zero-order valence-electron chi connectivity index (χ0n) is 8.77. The molecular formula is C12H15BrClF. The monoisotopic (exact) mass is 292 g/mol. The molecule has 1 atom stereocenters. The average molecular weight is 294 g/mol. The van der Waals surface area contributed by atoms with Gasteiger partial charge < -0.3 is 0 Å². The summed E-state index contributed by atoms with van der Waals surface area (Å²) in [7, 11) is 0. The highest BCUT2D eigenvalue weighted by molar-refractivity contribution is 9.10. The fraction of sp³-hybridized carbons (Fsp3) is 0.500. The van der Waals surface area contributed by atoms with Gasteiger partial charge in [0.2, 0.25) is 0 Å². The van der Waals surface area contributed by atoms with Crippen LogP contribution in [0.1, 0.15) is 31.7 Å². The molecule has 0 N–H and O–H groups in total. The van der Waals surface area contributed by atoms with Gasteiger partial charge in [0.25, 0.3) is 0 Å². The minimum atomic E-state index is -0.140. The van der Waals surface area contributed by atoms with Gasteiger partial charge in [0, 0.05) is 9.85 Å². The molecule has 1 aromatic carbocycles. The quantitative estimate of drug-likeness (QED) is 0.675. The first-order valence-corrected chi connectivity index (χ1v) is 6.44. The lowest BCUT2D eigenvalue weighted by atomic mass is 10.1. The van der Waals surface area contributed by atoms with E-state index in [9.17, 15) is 4.39 Å². The first kappa shape index (κ1) is 13.0. The third kappa shape index (κ3) is 4.52. The molecule has 0 radical (unpaired) electrons. The first-order valence-electron chi connectivity index (χ1n) is 5.21. The molecule has 0 amide bonds. The van der Waals surface area contributed by atoms with Crippen LogP contribution in [0.4, 0.5) is 4.39 Å². The maximum Gasteiger partial charge on any atom is 0.126 e. The molecule has 0 fully saturated rings. The van der Waals surface area contributed by atoms with Crippen LogP contribution in [0.2, 0.25) is 0 Å². The molecule has 1 unspecified atom stereocenters. The largest absolute Gasteiger partial charge is 0.207 e. The van der Waals surface area contributed by atoms with Crippen molar-refractivity contribution in [3.05, 3.63) is 34.1 Å². The Hall–Kier alpha value is -0.0800. The maximum atomic E-state index is 13.3. The van der Waals surface area contributed by atoms with Crippen LogP contribution in [-0.4, -0.2) is 5.38 Å². The molecule has 0 saturated carbocycles. The van der Waals surface area contributed by atoms with Crippen molar-refractivity contribution in [1.29, 1.82) is 0 Å². The summed E-state index contributed by atoms with van der Waals surface area (Å²) in [5.74, 6) is -0.140. The fourth-order valence-electron chi connectivity index (χ4n) is 1.50. The van der Waals surface area contributed by atoms with E-state index < -0.39 is 0 Å². The molecule has 0 aromatic heterocycles. The summed E-state index contributed by atoms with van der Waals surface area (Å²) < 4.78 is 14.3. The molecule has 0 saturated heterocycles. The van der Waals surface area contributed by atoms with Crippen LogP contribution in [0.25, 0.3) is 0 Å². The van der Waals surface area contributed by atoms with Crippen LogP contribution >= 0.6 is 27.5 Å². The second-order valence-electron chi connectivity index (χ2n) is 3.66. The highest BCUT2D eigenvalue weighted by Crippen LogP contribution is 2.19. The van der Waals surface area contributed by atoms with Crippen molar-refractivity contribution in [3.63, 3.8) is 0 Å². The zero-order chi connectivity index (χ0) is 11.3. The lowest BCUT2D eigenvalue weighted by molar-refractivity contribution is 0.595. The van der Waals surface area contributed by atoms with Crippen molar-refractivity contribution < 1.29 is 4.39 Å². The van der Waals surface area contributed by atoms with Gasteiger partial charge in [-0.25, -0.2) is 4.39 Å². The second kappa shape index (κ2) is 6.49. The van der Waals surface area contributed by atoms with Gasteiger partial charge in [-0.1, -0.05) is 29.3 Å². The smallest absolute Gasteiger partial charge is 0.126 e. The number of hydrogen-bond donors (Lipinski definition) is 0. The van der Waals surface area contributed by atoms with Gasteiger partial charge in [-0.2, -0.15) is 0 Å². The van der Waals surface area contributed by atoms with Crippen LogP contribution in [0.5, 0.6) is 0 Å². The van der Waals surface area contributed by atoms with Crippen LogP contribution < -0.4 is 0 Å². The fourth-order valence-corrected chi connectivity index (χ4v) is 2.24. The van der Waals surface area contributed by atoms with Crippen molar-refractivity contribution in [3.8, 4) is 0 Å². The molecule has 15 heavy (non-hydrogen) atoms. The molecule has 1 aromatic rings. The molecule has 0 aliphatic heterocycles. The summed E-state index contributed by atoms with van der Waals surface area (Å²) >= 11 is 9.42. The summed E-state index contributed by atoms with van der Waals surface area (Å²) in [6, 6.07) is 5.02. The number of alkyl halides is 1. The van der Waals surface area contributed by atoms with Gasteiger partial charge >= 0.3 is 0 Å². The van der Waals surface area contributed by atoms with Crippen molar-refractivity contribution in [2.75, 3.05) is 0 Å². The van der Waals surface area contributed by atoms with E-state index in [0.717, 1.165) is 29.3 Å². The summed E-state index contributed by atoms with van der Waals surface area (Å²) in [5, 5.41) is 0.161. The Morgan fingerprint density at radius 2 is 2.13 bits per heavy atom. The maximum absolute atomic E-state index is 13.3. The van der Waals surface area contributed by atoms with E-state index in [0.29, 0.717) is 6.42 Å². The summed E-state index contributed by atoms with van der Waals surface area (Å²) in [4.78, 5) is 0.